The number of likely N-dealkylation sites (tertiary alicyclic amines) is 1. The molecule has 27 heavy (non-hydrogen) atoms. The molecule has 1 amide bonds. The van der Waals surface area contributed by atoms with Crippen molar-refractivity contribution in [2.24, 2.45) is 11.8 Å². The number of carbonyl (C=O) groups excluding carboxylic acids is 1. The minimum Gasteiger partial charge on any atom is -0.493 e. The molecule has 0 aliphatic carbocycles. The zero-order chi connectivity index (χ0) is 18.8. The highest BCUT2D eigenvalue weighted by atomic mass is 16.5. The second kappa shape index (κ2) is 7.56. The van der Waals surface area contributed by atoms with E-state index in [1.165, 1.54) is 0 Å². The van der Waals surface area contributed by atoms with Gasteiger partial charge in [0.25, 0.3) is 0 Å². The van der Waals surface area contributed by atoms with Crippen LogP contribution in [0.5, 0.6) is 17.2 Å². The Balaban J connectivity index is 1.39. The Bertz CT molecular complexity index is 833. The van der Waals surface area contributed by atoms with Crippen LogP contribution in [0.1, 0.15) is 19.4 Å². The molecule has 2 aliphatic heterocycles. The van der Waals surface area contributed by atoms with Crippen LogP contribution < -0.4 is 14.8 Å². The van der Waals surface area contributed by atoms with Gasteiger partial charge in [-0.1, -0.05) is 13.8 Å². The van der Waals surface area contributed by atoms with Gasteiger partial charge in [0.15, 0.2) is 0 Å². The van der Waals surface area contributed by atoms with Crippen molar-refractivity contribution >= 4 is 11.7 Å². The third kappa shape index (κ3) is 4.39. The quantitative estimate of drug-likeness (QED) is 0.878. The lowest BCUT2D eigenvalue weighted by molar-refractivity contribution is -0.118. The van der Waals surface area contributed by atoms with Gasteiger partial charge >= 0.3 is 0 Å². The number of rotatable bonds is 5. The standard InChI is InChI=1S/C21H25N3O3/c1-14-7-16-8-17(3-4-19(16)26-13-14)27-18-5-6-22-20(9-18)23-21(25)12-24-10-15(2)11-24/h3-6,8-9,14-15H,7,10-13H2,1-2H3,(H,22,23,25). The summed E-state index contributed by atoms with van der Waals surface area (Å²) in [6.07, 6.45) is 2.62. The molecule has 6 nitrogen and oxygen atoms in total. The number of anilines is 1. The molecule has 0 radical (unpaired) electrons. The molecule has 2 aliphatic rings. The maximum absolute atomic E-state index is 12.1. The van der Waals surface area contributed by atoms with E-state index >= 15 is 0 Å². The van der Waals surface area contributed by atoms with E-state index in [4.69, 9.17) is 9.47 Å². The van der Waals surface area contributed by atoms with Gasteiger partial charge in [-0.15, -0.1) is 0 Å². The number of hydrogen-bond donors (Lipinski definition) is 1. The molecule has 1 aromatic carbocycles. The van der Waals surface area contributed by atoms with Gasteiger partial charge < -0.3 is 14.8 Å². The third-order valence-electron chi connectivity index (χ3n) is 4.87. The van der Waals surface area contributed by atoms with Crippen molar-refractivity contribution in [2.75, 3.05) is 31.6 Å². The zero-order valence-corrected chi connectivity index (χ0v) is 15.8. The molecule has 142 valence electrons. The first-order valence-electron chi connectivity index (χ1n) is 9.47. The maximum atomic E-state index is 12.1. The summed E-state index contributed by atoms with van der Waals surface area (Å²) in [6.45, 7) is 7.48. The van der Waals surface area contributed by atoms with E-state index in [0.29, 0.717) is 29.9 Å². The Labute approximate surface area is 159 Å². The van der Waals surface area contributed by atoms with E-state index < -0.39 is 0 Å². The van der Waals surface area contributed by atoms with Gasteiger partial charge in [-0.25, -0.2) is 4.98 Å². The lowest BCUT2D eigenvalue weighted by Crippen LogP contribution is -2.48. The summed E-state index contributed by atoms with van der Waals surface area (Å²) in [5, 5.41) is 2.85. The van der Waals surface area contributed by atoms with Gasteiger partial charge in [-0.2, -0.15) is 0 Å². The van der Waals surface area contributed by atoms with Crippen LogP contribution in [0, 0.1) is 11.8 Å². The van der Waals surface area contributed by atoms with Crippen molar-refractivity contribution in [3.8, 4) is 17.2 Å². The predicted molar refractivity (Wildman–Crippen MR) is 103 cm³/mol. The number of pyridine rings is 1. The monoisotopic (exact) mass is 367 g/mol. The maximum Gasteiger partial charge on any atom is 0.239 e. The van der Waals surface area contributed by atoms with E-state index in [-0.39, 0.29) is 5.91 Å². The highest BCUT2D eigenvalue weighted by Crippen LogP contribution is 2.32. The van der Waals surface area contributed by atoms with Crippen molar-refractivity contribution in [2.45, 2.75) is 20.3 Å². The van der Waals surface area contributed by atoms with E-state index in [0.717, 1.165) is 43.2 Å². The lowest BCUT2D eigenvalue weighted by Gasteiger charge is -2.36. The van der Waals surface area contributed by atoms with Gasteiger partial charge in [0.05, 0.1) is 13.2 Å². The van der Waals surface area contributed by atoms with Gasteiger partial charge in [0, 0.05) is 25.4 Å². The average molecular weight is 367 g/mol. The summed E-state index contributed by atoms with van der Waals surface area (Å²) in [4.78, 5) is 18.5. The third-order valence-corrected chi connectivity index (χ3v) is 4.87. The molecule has 1 atom stereocenters. The minimum absolute atomic E-state index is 0.0496. The molecule has 0 bridgehead atoms. The molecule has 1 unspecified atom stereocenters. The number of ether oxygens (including phenoxy) is 2. The van der Waals surface area contributed by atoms with Crippen LogP contribution in [0.3, 0.4) is 0 Å². The molecular weight excluding hydrogens is 342 g/mol. The molecular formula is C21H25N3O3. The summed E-state index contributed by atoms with van der Waals surface area (Å²) >= 11 is 0. The molecule has 1 fully saturated rings. The Morgan fingerprint density at radius 3 is 2.85 bits per heavy atom. The molecule has 6 heteroatoms. The van der Waals surface area contributed by atoms with Crippen LogP contribution in [0.4, 0.5) is 5.82 Å². The Hall–Kier alpha value is -2.60. The SMILES string of the molecule is CC1COc2ccc(Oc3ccnc(NC(=O)CN4CC(C)C4)c3)cc2C1. The number of carbonyl (C=O) groups is 1. The van der Waals surface area contributed by atoms with Crippen LogP contribution in [0.2, 0.25) is 0 Å². The number of hydrogen-bond acceptors (Lipinski definition) is 5. The fourth-order valence-electron chi connectivity index (χ4n) is 3.61. The first-order chi connectivity index (χ1) is 13.0. The number of aromatic nitrogens is 1. The van der Waals surface area contributed by atoms with E-state index in [2.05, 4.69) is 29.0 Å². The number of fused-ring (bicyclic) bond motifs is 1. The number of nitrogens with zero attached hydrogens (tertiary/aromatic N) is 2. The largest absolute Gasteiger partial charge is 0.493 e. The first kappa shape index (κ1) is 17.8. The molecule has 1 N–H and O–H groups in total. The molecule has 3 heterocycles. The molecule has 4 rings (SSSR count). The van der Waals surface area contributed by atoms with E-state index in [1.54, 1.807) is 18.3 Å². The van der Waals surface area contributed by atoms with Crippen molar-refractivity contribution in [1.82, 2.24) is 9.88 Å². The predicted octanol–water partition coefficient (Wildman–Crippen LogP) is 3.34. The Morgan fingerprint density at radius 2 is 2.04 bits per heavy atom. The van der Waals surface area contributed by atoms with Crippen molar-refractivity contribution in [1.29, 1.82) is 0 Å². The first-order valence-corrected chi connectivity index (χ1v) is 9.47. The Kier molecular flexibility index (Phi) is 4.99. The lowest BCUT2D eigenvalue weighted by atomic mass is 9.98. The average Bonchev–Trinajstić information content (AvgIpc) is 2.60. The number of amides is 1. The minimum atomic E-state index is -0.0496. The van der Waals surface area contributed by atoms with Crippen molar-refractivity contribution < 1.29 is 14.3 Å². The number of benzene rings is 1. The van der Waals surface area contributed by atoms with Gasteiger partial charge in [-0.3, -0.25) is 9.69 Å². The fourth-order valence-corrected chi connectivity index (χ4v) is 3.61. The van der Waals surface area contributed by atoms with Crippen LogP contribution >= 0.6 is 0 Å². The Morgan fingerprint density at radius 1 is 1.22 bits per heavy atom. The molecule has 2 aromatic rings. The van der Waals surface area contributed by atoms with E-state index in [1.807, 2.05) is 18.2 Å². The summed E-state index contributed by atoms with van der Waals surface area (Å²) in [5.74, 6) is 3.96. The van der Waals surface area contributed by atoms with E-state index in [9.17, 15) is 4.79 Å². The summed E-state index contributed by atoms with van der Waals surface area (Å²) in [7, 11) is 0. The van der Waals surface area contributed by atoms with Crippen LogP contribution in [-0.2, 0) is 11.2 Å². The summed E-state index contributed by atoms with van der Waals surface area (Å²) < 4.78 is 11.7. The van der Waals surface area contributed by atoms with Crippen LogP contribution in [0.15, 0.2) is 36.5 Å². The second-order valence-corrected chi connectivity index (χ2v) is 7.72. The van der Waals surface area contributed by atoms with Gasteiger partial charge in [-0.05, 0) is 48.1 Å². The van der Waals surface area contributed by atoms with Crippen molar-refractivity contribution in [3.63, 3.8) is 0 Å². The molecule has 0 spiro atoms. The summed E-state index contributed by atoms with van der Waals surface area (Å²) in [6, 6.07) is 9.41. The topological polar surface area (TPSA) is 63.7 Å². The van der Waals surface area contributed by atoms with Crippen molar-refractivity contribution in [3.05, 3.63) is 42.1 Å². The van der Waals surface area contributed by atoms with Crippen LogP contribution in [0.25, 0.3) is 0 Å². The normalized spacial score (nSPS) is 19.6. The molecule has 1 aromatic heterocycles. The zero-order valence-electron chi connectivity index (χ0n) is 15.8. The van der Waals surface area contributed by atoms with Crippen LogP contribution in [-0.4, -0.2) is 42.0 Å². The fraction of sp³-hybridized carbons (Fsp3) is 0.429. The number of nitrogens with one attached hydrogen (secondary N) is 1. The molecule has 0 saturated carbocycles. The smallest absolute Gasteiger partial charge is 0.239 e. The second-order valence-electron chi connectivity index (χ2n) is 7.72. The highest BCUT2D eigenvalue weighted by Gasteiger charge is 2.24. The summed E-state index contributed by atoms with van der Waals surface area (Å²) in [5.41, 5.74) is 1.16. The van der Waals surface area contributed by atoms with Gasteiger partial charge in [0.1, 0.15) is 23.1 Å². The van der Waals surface area contributed by atoms with Gasteiger partial charge in [0.2, 0.25) is 5.91 Å². The molecule has 1 saturated heterocycles. The highest BCUT2D eigenvalue weighted by molar-refractivity contribution is 5.91.